The van der Waals surface area contributed by atoms with Gasteiger partial charge in [0.2, 0.25) is 5.91 Å². The van der Waals surface area contributed by atoms with Gasteiger partial charge >= 0.3 is 18.7 Å². The first-order chi connectivity index (χ1) is 19.0. The largest absolute Gasteiger partial charge is 0.573 e. The number of anilines is 1. The van der Waals surface area contributed by atoms with Crippen LogP contribution in [0.2, 0.25) is 0 Å². The van der Waals surface area contributed by atoms with Gasteiger partial charge in [-0.1, -0.05) is 18.2 Å². The van der Waals surface area contributed by atoms with Crippen molar-refractivity contribution in [2.24, 2.45) is 0 Å². The van der Waals surface area contributed by atoms with Gasteiger partial charge < -0.3 is 9.64 Å². The van der Waals surface area contributed by atoms with Gasteiger partial charge in [0.15, 0.2) is 0 Å². The lowest BCUT2D eigenvalue weighted by molar-refractivity contribution is -0.274. The van der Waals surface area contributed by atoms with Crippen LogP contribution in [0, 0.1) is 0 Å². The Balaban J connectivity index is 1.71. The fraction of sp³-hybridized carbons (Fsp3) is 0.333. The van der Waals surface area contributed by atoms with Crippen LogP contribution in [0.4, 0.5) is 45.2 Å². The molecule has 0 radical (unpaired) electrons. The summed E-state index contributed by atoms with van der Waals surface area (Å²) in [5, 5.41) is 0. The number of aromatic nitrogens is 1. The van der Waals surface area contributed by atoms with E-state index in [4.69, 9.17) is 0 Å². The van der Waals surface area contributed by atoms with E-state index in [-0.39, 0.29) is 23.4 Å². The molecule has 2 aromatic carbocycles. The van der Waals surface area contributed by atoms with Gasteiger partial charge in [0, 0.05) is 11.7 Å². The maximum absolute atomic E-state index is 13.7. The number of hydrogen-bond donors (Lipinski definition) is 0. The zero-order valence-electron chi connectivity index (χ0n) is 21.3. The number of ether oxygens (including phenoxy) is 1. The van der Waals surface area contributed by atoms with Crippen molar-refractivity contribution < 1.29 is 49.0 Å². The number of rotatable bonds is 6. The van der Waals surface area contributed by atoms with Crippen molar-refractivity contribution in [3.63, 3.8) is 0 Å². The number of likely N-dealkylation sites (N-methyl/N-ethyl adjacent to an activating group) is 1. The summed E-state index contributed by atoms with van der Waals surface area (Å²) in [6.45, 7) is 1.53. The highest BCUT2D eigenvalue weighted by molar-refractivity contribution is 6.00. The average Bonchev–Trinajstić information content (AvgIpc) is 3.23. The van der Waals surface area contributed by atoms with Crippen LogP contribution < -0.4 is 9.64 Å². The molecule has 1 aliphatic heterocycles. The zero-order valence-corrected chi connectivity index (χ0v) is 21.3. The summed E-state index contributed by atoms with van der Waals surface area (Å²) in [6.07, 6.45) is -14.4. The van der Waals surface area contributed by atoms with Crippen molar-refractivity contribution in [3.8, 4) is 5.75 Å². The summed E-state index contributed by atoms with van der Waals surface area (Å²) in [5.74, 6) is -1.18. The Morgan fingerprint density at radius 2 is 1.54 bits per heavy atom. The molecule has 3 unspecified atom stereocenters. The molecule has 1 aliphatic rings. The normalized spacial score (nSPS) is 19.1. The van der Waals surface area contributed by atoms with E-state index in [1.54, 1.807) is 0 Å². The summed E-state index contributed by atoms with van der Waals surface area (Å²) in [5.41, 5.74) is -1.87. The number of benzene rings is 2. The van der Waals surface area contributed by atoms with Gasteiger partial charge in [0.05, 0.1) is 23.3 Å². The van der Waals surface area contributed by atoms with Crippen molar-refractivity contribution in [3.05, 3.63) is 89.2 Å². The lowest BCUT2D eigenvalue weighted by atomic mass is 9.99. The fourth-order valence-electron chi connectivity index (χ4n) is 4.72. The highest BCUT2D eigenvalue weighted by Crippen LogP contribution is 2.42. The van der Waals surface area contributed by atoms with E-state index in [2.05, 4.69) is 9.72 Å². The molecule has 1 aromatic heterocycles. The molecule has 4 rings (SSSR count). The van der Waals surface area contributed by atoms with Gasteiger partial charge in [-0.15, -0.1) is 13.2 Å². The van der Waals surface area contributed by atoms with Gasteiger partial charge in [-0.05, 0) is 74.5 Å². The van der Waals surface area contributed by atoms with Gasteiger partial charge in [0.1, 0.15) is 11.4 Å². The van der Waals surface area contributed by atoms with Crippen molar-refractivity contribution in [1.82, 2.24) is 9.88 Å². The van der Waals surface area contributed by atoms with E-state index in [0.29, 0.717) is 0 Å². The highest BCUT2D eigenvalue weighted by Gasteiger charge is 2.45. The Bertz CT molecular complexity index is 1390. The first-order valence-electron chi connectivity index (χ1n) is 12.1. The Kier molecular flexibility index (Phi) is 8.00. The highest BCUT2D eigenvalue weighted by atomic mass is 19.4. The molecule has 3 aromatic rings. The van der Waals surface area contributed by atoms with Crippen LogP contribution in [-0.2, 0) is 17.1 Å². The van der Waals surface area contributed by atoms with E-state index < -0.39 is 59.8 Å². The molecule has 0 aliphatic carbocycles. The molecule has 0 N–H and O–H groups in total. The topological polar surface area (TPSA) is 45.7 Å². The number of carbonyl (C=O) groups is 1. The van der Waals surface area contributed by atoms with Crippen molar-refractivity contribution in [2.45, 2.75) is 50.2 Å². The molecule has 0 saturated carbocycles. The van der Waals surface area contributed by atoms with Gasteiger partial charge in [-0.3, -0.25) is 9.69 Å². The number of halogens is 9. The Labute approximate surface area is 228 Å². The Morgan fingerprint density at radius 1 is 0.902 bits per heavy atom. The van der Waals surface area contributed by atoms with Crippen LogP contribution in [0.15, 0.2) is 66.7 Å². The van der Waals surface area contributed by atoms with E-state index in [0.717, 1.165) is 30.3 Å². The maximum atomic E-state index is 13.7. The lowest BCUT2D eigenvalue weighted by Crippen LogP contribution is -2.41. The first kappa shape index (κ1) is 30.2. The van der Waals surface area contributed by atoms with E-state index in [1.807, 2.05) is 0 Å². The molecule has 1 amide bonds. The van der Waals surface area contributed by atoms with Crippen LogP contribution in [0.1, 0.15) is 47.9 Å². The fourth-order valence-corrected chi connectivity index (χ4v) is 4.72. The number of hydrogen-bond acceptors (Lipinski definition) is 4. The van der Waals surface area contributed by atoms with Crippen molar-refractivity contribution in [2.75, 3.05) is 11.9 Å². The second kappa shape index (κ2) is 10.9. The third-order valence-corrected chi connectivity index (χ3v) is 6.82. The SMILES string of the molecule is CC(c1cccc(C(F)(F)F)n1)N(C)C1CC(c2cccc(C(F)(F)F)c2)N(c2ccc(OC(F)(F)F)cc2)C1=O. The maximum Gasteiger partial charge on any atom is 0.573 e. The zero-order chi connectivity index (χ0) is 30.3. The molecular formula is C27H22F9N3O2. The van der Waals surface area contributed by atoms with Crippen LogP contribution in [0.5, 0.6) is 5.75 Å². The monoisotopic (exact) mass is 591 g/mol. The summed E-state index contributed by atoms with van der Waals surface area (Å²) >= 11 is 0. The van der Waals surface area contributed by atoms with Crippen molar-refractivity contribution >= 4 is 11.6 Å². The molecular weight excluding hydrogens is 569 g/mol. The predicted octanol–water partition coefficient (Wildman–Crippen LogP) is 7.56. The molecule has 0 bridgehead atoms. The smallest absolute Gasteiger partial charge is 0.406 e. The van der Waals surface area contributed by atoms with Crippen molar-refractivity contribution in [1.29, 1.82) is 0 Å². The van der Waals surface area contributed by atoms with Gasteiger partial charge in [0.25, 0.3) is 0 Å². The molecule has 5 nitrogen and oxygen atoms in total. The van der Waals surface area contributed by atoms with E-state index in [9.17, 15) is 44.3 Å². The molecule has 1 fully saturated rings. The molecule has 1 saturated heterocycles. The Hall–Kier alpha value is -3.81. The standard InChI is InChI=1S/C27H22F9N3O2/c1-15(20-7-4-8-23(37-20)26(31,32)33)38(2)22-14-21(16-5-3-6-17(13-16)25(28,29)30)39(24(22)40)18-9-11-19(12-10-18)41-27(34,35)36/h3-13,15,21-22H,14H2,1-2H3. The second-order valence-electron chi connectivity index (χ2n) is 9.43. The van der Waals surface area contributed by atoms with E-state index in [1.165, 1.54) is 60.2 Å². The van der Waals surface area contributed by atoms with E-state index >= 15 is 0 Å². The minimum Gasteiger partial charge on any atom is -0.406 e. The molecule has 41 heavy (non-hydrogen) atoms. The predicted molar refractivity (Wildman–Crippen MR) is 129 cm³/mol. The lowest BCUT2D eigenvalue weighted by Gasteiger charge is -2.29. The van der Waals surface area contributed by atoms with Crippen LogP contribution in [0.25, 0.3) is 0 Å². The third kappa shape index (κ3) is 6.75. The minimum absolute atomic E-state index is 0.0119. The molecule has 3 atom stereocenters. The molecule has 0 spiro atoms. The van der Waals surface area contributed by atoms with Crippen LogP contribution in [-0.4, -0.2) is 35.2 Å². The van der Waals surface area contributed by atoms with Crippen LogP contribution >= 0.6 is 0 Å². The number of nitrogens with zero attached hydrogens (tertiary/aromatic N) is 3. The summed E-state index contributed by atoms with van der Waals surface area (Å²) < 4.78 is 122. The number of amides is 1. The summed E-state index contributed by atoms with van der Waals surface area (Å²) in [6, 6.07) is 9.08. The number of pyridine rings is 1. The number of carbonyl (C=O) groups excluding carboxylic acids is 1. The second-order valence-corrected chi connectivity index (χ2v) is 9.43. The minimum atomic E-state index is -4.97. The Morgan fingerprint density at radius 3 is 2.12 bits per heavy atom. The molecule has 14 heteroatoms. The van der Waals surface area contributed by atoms with Gasteiger partial charge in [-0.2, -0.15) is 26.3 Å². The van der Waals surface area contributed by atoms with Crippen LogP contribution in [0.3, 0.4) is 0 Å². The first-order valence-corrected chi connectivity index (χ1v) is 12.1. The average molecular weight is 591 g/mol. The molecule has 2 heterocycles. The summed E-state index contributed by atoms with van der Waals surface area (Å²) in [4.78, 5) is 20.0. The third-order valence-electron chi connectivity index (χ3n) is 6.82. The quantitative estimate of drug-likeness (QED) is 0.278. The number of alkyl halides is 9. The van der Waals surface area contributed by atoms with Gasteiger partial charge in [-0.25, -0.2) is 4.98 Å². The molecule has 220 valence electrons. The summed E-state index contributed by atoms with van der Waals surface area (Å²) in [7, 11) is 1.47.